The number of aromatic nitrogens is 2. The smallest absolute Gasteiger partial charge is 0.276 e. The van der Waals surface area contributed by atoms with Crippen LogP contribution in [0, 0.1) is 12.7 Å². The van der Waals surface area contributed by atoms with Crippen LogP contribution in [0.25, 0.3) is 5.69 Å². The lowest BCUT2D eigenvalue weighted by Crippen LogP contribution is -2.13. The molecule has 1 heterocycles. The lowest BCUT2D eigenvalue weighted by Gasteiger charge is -2.07. The van der Waals surface area contributed by atoms with Crippen molar-refractivity contribution in [3.8, 4) is 5.69 Å². The summed E-state index contributed by atoms with van der Waals surface area (Å²) in [7, 11) is 0. The molecule has 0 unspecified atom stereocenters. The molecular formula is C17H13BrFN3O. The van der Waals surface area contributed by atoms with E-state index >= 15 is 0 Å². The molecule has 0 saturated carbocycles. The predicted octanol–water partition coefficient (Wildman–Crippen LogP) is 4.33. The van der Waals surface area contributed by atoms with Crippen LogP contribution in [-0.4, -0.2) is 15.7 Å². The first-order valence-corrected chi connectivity index (χ1v) is 7.72. The maximum absolute atomic E-state index is 13.8. The zero-order valence-electron chi connectivity index (χ0n) is 12.3. The quantitative estimate of drug-likeness (QED) is 0.742. The van der Waals surface area contributed by atoms with Crippen molar-refractivity contribution >= 4 is 27.5 Å². The highest BCUT2D eigenvalue weighted by Crippen LogP contribution is 2.24. The SMILES string of the molecule is Cc1ccc(NC(=O)c2ccn(-c3ccccc3F)n2)c(Br)c1. The summed E-state index contributed by atoms with van der Waals surface area (Å²) in [5.74, 6) is -0.756. The number of carbonyl (C=O) groups excluding carboxylic acids is 1. The number of aryl methyl sites for hydroxylation is 1. The van der Waals surface area contributed by atoms with Gasteiger partial charge in [0.2, 0.25) is 0 Å². The van der Waals surface area contributed by atoms with Crippen molar-refractivity contribution in [3.63, 3.8) is 0 Å². The summed E-state index contributed by atoms with van der Waals surface area (Å²) < 4.78 is 15.9. The minimum Gasteiger partial charge on any atom is -0.320 e. The van der Waals surface area contributed by atoms with E-state index in [0.717, 1.165) is 10.0 Å². The first kappa shape index (κ1) is 15.4. The first-order valence-electron chi connectivity index (χ1n) is 6.92. The molecular weight excluding hydrogens is 361 g/mol. The van der Waals surface area contributed by atoms with E-state index in [1.54, 1.807) is 30.5 Å². The van der Waals surface area contributed by atoms with Crippen LogP contribution in [0.3, 0.4) is 0 Å². The highest BCUT2D eigenvalue weighted by atomic mass is 79.9. The fourth-order valence-electron chi connectivity index (χ4n) is 2.12. The number of anilines is 1. The number of carbonyl (C=O) groups is 1. The van der Waals surface area contributed by atoms with E-state index in [1.165, 1.54) is 10.7 Å². The number of nitrogens with zero attached hydrogens (tertiary/aromatic N) is 2. The highest BCUT2D eigenvalue weighted by molar-refractivity contribution is 9.10. The van der Waals surface area contributed by atoms with Gasteiger partial charge in [-0.05, 0) is 58.7 Å². The van der Waals surface area contributed by atoms with Crippen molar-refractivity contribution < 1.29 is 9.18 Å². The summed E-state index contributed by atoms with van der Waals surface area (Å²) >= 11 is 3.41. The summed E-state index contributed by atoms with van der Waals surface area (Å²) in [6, 6.07) is 13.4. The van der Waals surface area contributed by atoms with E-state index in [1.807, 2.05) is 25.1 Å². The van der Waals surface area contributed by atoms with E-state index in [-0.39, 0.29) is 11.6 Å². The van der Waals surface area contributed by atoms with Crippen molar-refractivity contribution in [2.75, 3.05) is 5.32 Å². The van der Waals surface area contributed by atoms with E-state index in [0.29, 0.717) is 11.4 Å². The second-order valence-corrected chi connectivity index (χ2v) is 5.89. The van der Waals surface area contributed by atoms with Crippen molar-refractivity contribution in [1.82, 2.24) is 9.78 Å². The molecule has 0 saturated heterocycles. The minimum atomic E-state index is -0.399. The molecule has 0 spiro atoms. The first-order chi connectivity index (χ1) is 11.0. The molecule has 0 aliphatic rings. The van der Waals surface area contributed by atoms with Gasteiger partial charge in [-0.25, -0.2) is 9.07 Å². The zero-order chi connectivity index (χ0) is 16.4. The van der Waals surface area contributed by atoms with Crippen molar-refractivity contribution in [2.24, 2.45) is 0 Å². The van der Waals surface area contributed by atoms with Gasteiger partial charge >= 0.3 is 0 Å². The molecule has 1 aromatic heterocycles. The Hall–Kier alpha value is -2.47. The normalized spacial score (nSPS) is 10.6. The van der Waals surface area contributed by atoms with Gasteiger partial charge in [0.15, 0.2) is 5.69 Å². The Morgan fingerprint density at radius 3 is 2.74 bits per heavy atom. The van der Waals surface area contributed by atoms with Crippen LogP contribution in [0.1, 0.15) is 16.1 Å². The van der Waals surface area contributed by atoms with Gasteiger partial charge in [0.25, 0.3) is 5.91 Å². The Kier molecular flexibility index (Phi) is 4.25. The van der Waals surface area contributed by atoms with Gasteiger partial charge in [0.05, 0.1) is 5.69 Å². The van der Waals surface area contributed by atoms with Gasteiger partial charge in [-0.2, -0.15) is 5.10 Å². The van der Waals surface area contributed by atoms with Crippen molar-refractivity contribution in [1.29, 1.82) is 0 Å². The summed E-state index contributed by atoms with van der Waals surface area (Å²) in [4.78, 5) is 12.3. The standard InChI is InChI=1S/C17H13BrFN3O/c1-11-6-7-14(12(18)10-11)20-17(23)15-8-9-22(21-15)16-5-3-2-4-13(16)19/h2-10H,1H3,(H,20,23). The summed E-state index contributed by atoms with van der Waals surface area (Å²) in [5, 5.41) is 6.91. The van der Waals surface area contributed by atoms with E-state index in [4.69, 9.17) is 0 Å². The molecule has 23 heavy (non-hydrogen) atoms. The Morgan fingerprint density at radius 1 is 1.22 bits per heavy atom. The molecule has 0 bridgehead atoms. The number of para-hydroxylation sites is 1. The number of halogens is 2. The lowest BCUT2D eigenvalue weighted by molar-refractivity contribution is 0.102. The molecule has 116 valence electrons. The number of amides is 1. The van der Waals surface area contributed by atoms with Crippen molar-refractivity contribution in [2.45, 2.75) is 6.92 Å². The third kappa shape index (κ3) is 3.32. The second kappa shape index (κ2) is 6.34. The molecule has 6 heteroatoms. The second-order valence-electron chi connectivity index (χ2n) is 5.03. The van der Waals surface area contributed by atoms with Crippen LogP contribution < -0.4 is 5.32 Å². The molecule has 4 nitrogen and oxygen atoms in total. The molecule has 0 aliphatic heterocycles. The number of hydrogen-bond donors (Lipinski definition) is 1. The molecule has 2 aromatic carbocycles. The Balaban J connectivity index is 1.83. The summed E-state index contributed by atoms with van der Waals surface area (Å²) in [5.41, 5.74) is 2.24. The summed E-state index contributed by atoms with van der Waals surface area (Å²) in [6.07, 6.45) is 1.55. The van der Waals surface area contributed by atoms with Crippen LogP contribution in [0.4, 0.5) is 10.1 Å². The number of rotatable bonds is 3. The predicted molar refractivity (Wildman–Crippen MR) is 90.4 cm³/mol. The Labute approximate surface area is 141 Å². The highest BCUT2D eigenvalue weighted by Gasteiger charge is 2.13. The Morgan fingerprint density at radius 2 is 2.00 bits per heavy atom. The molecule has 0 aliphatic carbocycles. The minimum absolute atomic E-state index is 0.209. The average molecular weight is 374 g/mol. The lowest BCUT2D eigenvalue weighted by atomic mass is 10.2. The van der Waals surface area contributed by atoms with Gasteiger partial charge in [0, 0.05) is 10.7 Å². The van der Waals surface area contributed by atoms with E-state index in [9.17, 15) is 9.18 Å². The third-order valence-electron chi connectivity index (χ3n) is 3.29. The fraction of sp³-hybridized carbons (Fsp3) is 0.0588. The van der Waals surface area contributed by atoms with Crippen LogP contribution >= 0.6 is 15.9 Å². The van der Waals surface area contributed by atoms with Crippen LogP contribution in [-0.2, 0) is 0 Å². The van der Waals surface area contributed by atoms with Gasteiger partial charge < -0.3 is 5.32 Å². The molecule has 1 amide bonds. The third-order valence-corrected chi connectivity index (χ3v) is 3.95. The van der Waals surface area contributed by atoms with Crippen LogP contribution in [0.5, 0.6) is 0 Å². The average Bonchev–Trinajstić information content (AvgIpc) is 3.00. The topological polar surface area (TPSA) is 46.9 Å². The number of benzene rings is 2. The maximum Gasteiger partial charge on any atom is 0.276 e. The summed E-state index contributed by atoms with van der Waals surface area (Å²) in [6.45, 7) is 1.96. The largest absolute Gasteiger partial charge is 0.320 e. The van der Waals surface area contributed by atoms with Crippen LogP contribution in [0.2, 0.25) is 0 Å². The molecule has 0 radical (unpaired) electrons. The van der Waals surface area contributed by atoms with Gasteiger partial charge in [0.1, 0.15) is 11.5 Å². The molecule has 0 atom stereocenters. The maximum atomic E-state index is 13.8. The van der Waals surface area contributed by atoms with E-state index in [2.05, 4.69) is 26.3 Å². The molecule has 3 rings (SSSR count). The fourth-order valence-corrected chi connectivity index (χ4v) is 2.72. The van der Waals surface area contributed by atoms with Gasteiger partial charge in [-0.3, -0.25) is 4.79 Å². The monoisotopic (exact) mass is 373 g/mol. The van der Waals surface area contributed by atoms with Crippen molar-refractivity contribution in [3.05, 3.63) is 76.3 Å². The molecule has 1 N–H and O–H groups in total. The zero-order valence-corrected chi connectivity index (χ0v) is 13.8. The van der Waals surface area contributed by atoms with E-state index < -0.39 is 5.82 Å². The molecule has 0 fully saturated rings. The number of nitrogens with one attached hydrogen (secondary N) is 1. The van der Waals surface area contributed by atoms with Gasteiger partial charge in [-0.1, -0.05) is 18.2 Å². The molecule has 3 aromatic rings. The Bertz CT molecular complexity index is 876. The van der Waals surface area contributed by atoms with Gasteiger partial charge in [-0.15, -0.1) is 0 Å². The number of hydrogen-bond acceptors (Lipinski definition) is 2. The van der Waals surface area contributed by atoms with Crippen LogP contribution in [0.15, 0.2) is 59.2 Å².